The van der Waals surface area contributed by atoms with E-state index in [2.05, 4.69) is 36.8 Å². The van der Waals surface area contributed by atoms with Gasteiger partial charge in [-0.15, -0.1) is 0 Å². The number of rotatable bonds is 5. The topological polar surface area (TPSA) is 87.2 Å². The van der Waals surface area contributed by atoms with Crippen molar-refractivity contribution in [2.75, 3.05) is 6.61 Å². The zero-order valence-electron chi connectivity index (χ0n) is 15.2. The molecule has 1 aliphatic rings. The van der Waals surface area contributed by atoms with E-state index < -0.39 is 6.04 Å². The summed E-state index contributed by atoms with van der Waals surface area (Å²) in [4.78, 5) is 29.6. The summed E-state index contributed by atoms with van der Waals surface area (Å²) in [5.74, 6) is 0.391. The van der Waals surface area contributed by atoms with Crippen molar-refractivity contribution >= 4 is 48.7 Å². The zero-order chi connectivity index (χ0) is 19.6. The predicted octanol–water partition coefficient (Wildman–Crippen LogP) is 3.68. The minimum absolute atomic E-state index is 0.0996. The Labute approximate surface area is 174 Å². The van der Waals surface area contributed by atoms with Gasteiger partial charge < -0.3 is 10.5 Å². The van der Waals surface area contributed by atoms with Crippen LogP contribution in [0.3, 0.4) is 0 Å². The Kier molecular flexibility index (Phi) is 6.70. The van der Waals surface area contributed by atoms with Gasteiger partial charge in [0.05, 0.1) is 17.4 Å². The van der Waals surface area contributed by atoms with Crippen molar-refractivity contribution in [3.63, 3.8) is 0 Å². The number of halogens is 2. The molecule has 6 nitrogen and oxygen atoms in total. The van der Waals surface area contributed by atoms with Crippen LogP contribution in [0.15, 0.2) is 25.9 Å². The van der Waals surface area contributed by atoms with Crippen LogP contribution < -0.4 is 11.3 Å². The van der Waals surface area contributed by atoms with E-state index in [0.717, 1.165) is 34.6 Å². The van der Waals surface area contributed by atoms with Crippen molar-refractivity contribution in [1.82, 2.24) is 9.55 Å². The molecular weight excluding hydrogens is 478 g/mol. The summed E-state index contributed by atoms with van der Waals surface area (Å²) in [5.41, 5.74) is 6.53. The molecule has 0 spiro atoms. The lowest BCUT2D eigenvalue weighted by Crippen LogP contribution is -2.41. The van der Waals surface area contributed by atoms with Gasteiger partial charge >= 0.3 is 5.97 Å². The van der Waals surface area contributed by atoms with E-state index in [1.807, 2.05) is 6.07 Å². The number of hydrogen-bond acceptors (Lipinski definition) is 5. The van der Waals surface area contributed by atoms with Gasteiger partial charge in [-0.3, -0.25) is 14.2 Å². The van der Waals surface area contributed by atoms with E-state index in [9.17, 15) is 9.59 Å². The highest BCUT2D eigenvalue weighted by molar-refractivity contribution is 9.11. The minimum Gasteiger partial charge on any atom is -0.463 e. The van der Waals surface area contributed by atoms with E-state index in [1.165, 1.54) is 11.0 Å². The fourth-order valence-corrected chi connectivity index (χ4v) is 4.95. The predicted molar refractivity (Wildman–Crippen MR) is 112 cm³/mol. The molecule has 2 aromatic rings. The van der Waals surface area contributed by atoms with Crippen molar-refractivity contribution in [2.45, 2.75) is 51.6 Å². The van der Waals surface area contributed by atoms with E-state index >= 15 is 0 Å². The largest absolute Gasteiger partial charge is 0.463 e. The van der Waals surface area contributed by atoms with Crippen molar-refractivity contribution in [1.29, 1.82) is 0 Å². The molecule has 8 heteroatoms. The molecule has 0 bridgehead atoms. The molecule has 1 atom stereocenters. The SMILES string of the molecule is Cc1nc2c(Br)cc(Br)cc2c(=O)n1CCOC(=O)C(N)C1CCCCC1. The Morgan fingerprint density at radius 3 is 2.74 bits per heavy atom. The summed E-state index contributed by atoms with van der Waals surface area (Å²) >= 11 is 6.84. The molecule has 1 unspecified atom stereocenters. The molecule has 1 heterocycles. The summed E-state index contributed by atoms with van der Waals surface area (Å²) in [6.45, 7) is 2.12. The van der Waals surface area contributed by atoms with Gasteiger partial charge in [0.2, 0.25) is 0 Å². The van der Waals surface area contributed by atoms with E-state index in [-0.39, 0.29) is 30.6 Å². The molecule has 1 aromatic heterocycles. The fourth-order valence-electron chi connectivity index (χ4n) is 3.64. The third-order valence-corrected chi connectivity index (χ3v) is 6.22. The lowest BCUT2D eigenvalue weighted by molar-refractivity contribution is -0.147. The molecule has 1 saturated carbocycles. The van der Waals surface area contributed by atoms with Gasteiger partial charge in [-0.1, -0.05) is 35.2 Å². The molecule has 0 saturated heterocycles. The molecular formula is C19H23Br2N3O3. The first-order chi connectivity index (χ1) is 12.9. The van der Waals surface area contributed by atoms with Crippen LogP contribution in [0.25, 0.3) is 10.9 Å². The summed E-state index contributed by atoms with van der Waals surface area (Å²) < 4.78 is 8.44. The monoisotopic (exact) mass is 499 g/mol. The molecule has 1 aliphatic carbocycles. The third-order valence-electron chi connectivity index (χ3n) is 5.16. The second kappa shape index (κ2) is 8.84. The molecule has 0 radical (unpaired) electrons. The number of aromatic nitrogens is 2. The van der Waals surface area contributed by atoms with E-state index in [0.29, 0.717) is 16.7 Å². The number of esters is 1. The molecule has 146 valence electrons. The van der Waals surface area contributed by atoms with E-state index in [1.54, 1.807) is 13.0 Å². The Morgan fingerprint density at radius 1 is 1.33 bits per heavy atom. The van der Waals surface area contributed by atoms with Gasteiger partial charge in [0.1, 0.15) is 18.5 Å². The van der Waals surface area contributed by atoms with Crippen LogP contribution in [0, 0.1) is 12.8 Å². The van der Waals surface area contributed by atoms with Crippen LogP contribution in [0.2, 0.25) is 0 Å². The number of hydrogen-bond donors (Lipinski definition) is 1. The summed E-state index contributed by atoms with van der Waals surface area (Å²) in [6, 6.07) is 3.02. The first-order valence-electron chi connectivity index (χ1n) is 9.17. The second-order valence-electron chi connectivity index (χ2n) is 6.99. The van der Waals surface area contributed by atoms with Gasteiger partial charge in [0.25, 0.3) is 5.56 Å². The van der Waals surface area contributed by atoms with Crippen LogP contribution in [0.4, 0.5) is 0 Å². The normalized spacial score (nSPS) is 16.4. The Hall–Kier alpha value is -1.25. The maximum Gasteiger partial charge on any atom is 0.323 e. The Morgan fingerprint density at radius 2 is 2.04 bits per heavy atom. The quantitative estimate of drug-likeness (QED) is 0.632. The van der Waals surface area contributed by atoms with Crippen LogP contribution in [-0.4, -0.2) is 28.2 Å². The first-order valence-corrected chi connectivity index (χ1v) is 10.8. The maximum absolute atomic E-state index is 12.8. The van der Waals surface area contributed by atoms with Crippen molar-refractivity contribution in [2.24, 2.45) is 11.7 Å². The Balaban J connectivity index is 1.70. The fraction of sp³-hybridized carbons (Fsp3) is 0.526. The van der Waals surface area contributed by atoms with Gasteiger partial charge in [0, 0.05) is 8.95 Å². The zero-order valence-corrected chi connectivity index (χ0v) is 18.4. The minimum atomic E-state index is -0.579. The van der Waals surface area contributed by atoms with E-state index in [4.69, 9.17) is 10.5 Å². The molecule has 3 rings (SSSR count). The van der Waals surface area contributed by atoms with Gasteiger partial charge in [0.15, 0.2) is 0 Å². The Bertz CT molecular complexity index is 907. The third kappa shape index (κ3) is 4.60. The average molecular weight is 501 g/mol. The van der Waals surface area contributed by atoms with Crippen LogP contribution in [0.5, 0.6) is 0 Å². The lowest BCUT2D eigenvalue weighted by atomic mass is 9.84. The van der Waals surface area contributed by atoms with Gasteiger partial charge in [-0.2, -0.15) is 0 Å². The van der Waals surface area contributed by atoms with Gasteiger partial charge in [-0.25, -0.2) is 4.98 Å². The number of carbonyl (C=O) groups is 1. The average Bonchev–Trinajstić information content (AvgIpc) is 2.65. The number of carbonyl (C=O) groups excluding carboxylic acids is 1. The number of ether oxygens (including phenoxy) is 1. The first kappa shape index (κ1) is 20.5. The second-order valence-corrected chi connectivity index (χ2v) is 8.76. The van der Waals surface area contributed by atoms with Crippen molar-refractivity contribution in [3.05, 3.63) is 37.3 Å². The molecule has 2 N–H and O–H groups in total. The molecule has 1 fully saturated rings. The molecule has 1 aromatic carbocycles. The molecule has 0 aliphatic heterocycles. The summed E-state index contributed by atoms with van der Waals surface area (Å²) in [7, 11) is 0. The van der Waals surface area contributed by atoms with Crippen LogP contribution >= 0.6 is 31.9 Å². The highest BCUT2D eigenvalue weighted by Gasteiger charge is 2.27. The van der Waals surface area contributed by atoms with Crippen LogP contribution in [0.1, 0.15) is 37.9 Å². The van der Waals surface area contributed by atoms with Crippen LogP contribution in [-0.2, 0) is 16.1 Å². The summed E-state index contributed by atoms with van der Waals surface area (Å²) in [6.07, 6.45) is 5.41. The highest BCUT2D eigenvalue weighted by atomic mass is 79.9. The molecule has 0 amide bonds. The molecule has 27 heavy (non-hydrogen) atoms. The van der Waals surface area contributed by atoms with Crippen molar-refractivity contribution in [3.8, 4) is 0 Å². The smallest absolute Gasteiger partial charge is 0.323 e. The summed E-state index contributed by atoms with van der Waals surface area (Å²) in [5, 5.41) is 0.507. The number of benzene rings is 1. The van der Waals surface area contributed by atoms with Crippen molar-refractivity contribution < 1.29 is 9.53 Å². The number of nitrogens with two attached hydrogens (primary N) is 1. The van der Waals surface area contributed by atoms with Gasteiger partial charge in [-0.05, 0) is 53.7 Å². The highest BCUT2D eigenvalue weighted by Crippen LogP contribution is 2.26. The standard InChI is InChI=1S/C19H23Br2N3O3/c1-11-23-17-14(9-13(20)10-15(17)21)18(25)24(11)7-8-27-19(26)16(22)12-5-3-2-4-6-12/h9-10,12,16H,2-8,22H2,1H3. The number of aryl methyl sites for hydroxylation is 1. The number of fused-ring (bicyclic) bond motifs is 1. The maximum atomic E-state index is 12.8. The lowest BCUT2D eigenvalue weighted by Gasteiger charge is -2.26. The number of nitrogens with zero attached hydrogens (tertiary/aromatic N) is 2.